The molecule has 1 aromatic carbocycles. The Bertz CT molecular complexity index is 562. The first-order valence-corrected chi connectivity index (χ1v) is 8.12. The number of aromatic nitrogens is 1. The van der Waals surface area contributed by atoms with Gasteiger partial charge in [0.05, 0.1) is 0 Å². The Hall–Kier alpha value is -1.72. The molecule has 2 heterocycles. The predicted octanol–water partition coefficient (Wildman–Crippen LogP) is 3.05. The molecule has 0 aliphatic carbocycles. The summed E-state index contributed by atoms with van der Waals surface area (Å²) in [7, 11) is 0. The molecule has 1 aliphatic heterocycles. The third-order valence-corrected chi connectivity index (χ3v) is 4.13. The second-order valence-electron chi connectivity index (χ2n) is 4.82. The summed E-state index contributed by atoms with van der Waals surface area (Å²) in [6, 6.07) is 14.2. The molecule has 1 atom stereocenters. The molecular formula is C16H18N2O2S. The summed E-state index contributed by atoms with van der Waals surface area (Å²) in [5, 5.41) is 0. The van der Waals surface area contributed by atoms with Gasteiger partial charge in [0, 0.05) is 29.4 Å². The van der Waals surface area contributed by atoms with E-state index >= 15 is 0 Å². The zero-order valence-electron chi connectivity index (χ0n) is 11.9. The zero-order chi connectivity index (χ0) is 14.5. The fourth-order valence-electron chi connectivity index (χ4n) is 2.23. The topological polar surface area (TPSA) is 34.6 Å². The summed E-state index contributed by atoms with van der Waals surface area (Å²) < 4.78 is 11.4. The van der Waals surface area contributed by atoms with Crippen LogP contribution in [0.15, 0.2) is 53.6 Å². The van der Waals surface area contributed by atoms with Gasteiger partial charge >= 0.3 is 0 Å². The highest BCUT2D eigenvalue weighted by atomic mass is 32.2. The Labute approximate surface area is 129 Å². The lowest BCUT2D eigenvalue weighted by Gasteiger charge is -2.16. The highest BCUT2D eigenvalue weighted by Crippen LogP contribution is 2.23. The molecule has 1 aromatic heterocycles. The fraction of sp³-hybridized carbons (Fsp3) is 0.312. The maximum atomic E-state index is 5.77. The van der Waals surface area contributed by atoms with Gasteiger partial charge in [0.1, 0.15) is 19.4 Å². The number of anilines is 1. The van der Waals surface area contributed by atoms with Crippen molar-refractivity contribution in [1.29, 1.82) is 0 Å². The average molecular weight is 302 g/mol. The lowest BCUT2D eigenvalue weighted by atomic mass is 10.3. The van der Waals surface area contributed by atoms with Crippen LogP contribution in [-0.4, -0.2) is 37.2 Å². The van der Waals surface area contributed by atoms with Gasteiger partial charge in [0.25, 0.3) is 0 Å². The van der Waals surface area contributed by atoms with Crippen LogP contribution < -0.4 is 9.64 Å². The minimum atomic E-state index is 0.0761. The molecule has 0 radical (unpaired) electrons. The molecule has 0 spiro atoms. The van der Waals surface area contributed by atoms with Gasteiger partial charge in [-0.25, -0.2) is 4.98 Å². The van der Waals surface area contributed by atoms with Gasteiger partial charge in [-0.3, -0.25) is 0 Å². The van der Waals surface area contributed by atoms with E-state index in [1.165, 1.54) is 10.6 Å². The van der Waals surface area contributed by atoms with Gasteiger partial charge in [-0.2, -0.15) is 0 Å². The van der Waals surface area contributed by atoms with Crippen LogP contribution in [0.5, 0.6) is 5.88 Å². The van der Waals surface area contributed by atoms with E-state index in [9.17, 15) is 0 Å². The van der Waals surface area contributed by atoms with Crippen molar-refractivity contribution in [3.8, 4) is 5.88 Å². The Morgan fingerprint density at radius 2 is 2.14 bits per heavy atom. The Morgan fingerprint density at radius 3 is 2.86 bits per heavy atom. The van der Waals surface area contributed by atoms with Gasteiger partial charge in [-0.05, 0) is 36.6 Å². The number of pyridine rings is 1. The highest BCUT2D eigenvalue weighted by Gasteiger charge is 2.24. The van der Waals surface area contributed by atoms with Crippen LogP contribution >= 0.6 is 11.8 Å². The number of hydrogen-bond acceptors (Lipinski definition) is 5. The van der Waals surface area contributed by atoms with Crippen LogP contribution in [0.4, 0.5) is 5.69 Å². The van der Waals surface area contributed by atoms with Crippen LogP contribution in [0.3, 0.4) is 0 Å². The van der Waals surface area contributed by atoms with Crippen LogP contribution in [0.2, 0.25) is 0 Å². The van der Waals surface area contributed by atoms with Crippen LogP contribution in [0.25, 0.3) is 0 Å². The molecular weight excluding hydrogens is 284 g/mol. The zero-order valence-corrected chi connectivity index (χ0v) is 12.8. The Balaban J connectivity index is 1.52. The van der Waals surface area contributed by atoms with Gasteiger partial charge in [-0.15, -0.1) is 11.8 Å². The van der Waals surface area contributed by atoms with Crippen molar-refractivity contribution in [3.05, 3.63) is 48.7 Å². The minimum Gasteiger partial charge on any atom is -0.475 e. The van der Waals surface area contributed by atoms with Crippen LogP contribution in [0, 0.1) is 0 Å². The van der Waals surface area contributed by atoms with E-state index in [1.54, 1.807) is 18.0 Å². The van der Waals surface area contributed by atoms with E-state index in [1.807, 2.05) is 18.2 Å². The molecule has 0 unspecified atom stereocenters. The molecule has 21 heavy (non-hydrogen) atoms. The molecule has 0 bridgehead atoms. The first-order valence-electron chi connectivity index (χ1n) is 6.89. The Morgan fingerprint density at radius 1 is 1.29 bits per heavy atom. The number of nitrogens with zero attached hydrogens (tertiary/aromatic N) is 2. The van der Waals surface area contributed by atoms with Crippen molar-refractivity contribution < 1.29 is 9.47 Å². The molecule has 1 fully saturated rings. The van der Waals surface area contributed by atoms with E-state index in [4.69, 9.17) is 9.47 Å². The summed E-state index contributed by atoms with van der Waals surface area (Å²) in [5.41, 5.74) is 1.19. The van der Waals surface area contributed by atoms with E-state index in [0.29, 0.717) is 19.2 Å². The molecule has 0 saturated carbocycles. The summed E-state index contributed by atoms with van der Waals surface area (Å²) in [6.45, 7) is 1.97. The van der Waals surface area contributed by atoms with Crippen LogP contribution in [-0.2, 0) is 4.74 Å². The first-order chi connectivity index (χ1) is 10.3. The van der Waals surface area contributed by atoms with Crippen molar-refractivity contribution >= 4 is 17.4 Å². The second kappa shape index (κ2) is 6.83. The van der Waals surface area contributed by atoms with Gasteiger partial charge in [-0.1, -0.05) is 6.07 Å². The molecule has 5 heteroatoms. The smallest absolute Gasteiger partial charge is 0.213 e. The standard InChI is InChI=1S/C16H18N2O2S/c1-21-15-7-5-13(6-8-15)18-10-14(20-12-18)11-19-16-4-2-3-9-17-16/h2-9,14H,10-12H2,1H3/t14-/m1/s1. The summed E-state index contributed by atoms with van der Waals surface area (Å²) >= 11 is 1.75. The number of rotatable bonds is 5. The molecule has 0 N–H and O–H groups in total. The summed E-state index contributed by atoms with van der Waals surface area (Å²) in [6.07, 6.45) is 3.89. The number of thioether (sulfide) groups is 1. The fourth-order valence-corrected chi connectivity index (χ4v) is 2.64. The third-order valence-electron chi connectivity index (χ3n) is 3.38. The number of benzene rings is 1. The first kappa shape index (κ1) is 14.2. The lowest BCUT2D eigenvalue weighted by molar-refractivity contribution is 0.0717. The van der Waals surface area contributed by atoms with Gasteiger partial charge in [0.2, 0.25) is 5.88 Å². The molecule has 3 rings (SSSR count). The van der Waals surface area contributed by atoms with Gasteiger partial charge < -0.3 is 14.4 Å². The maximum Gasteiger partial charge on any atom is 0.213 e. The van der Waals surface area contributed by atoms with E-state index in [0.717, 1.165) is 6.54 Å². The van der Waals surface area contributed by atoms with Crippen LogP contribution in [0.1, 0.15) is 0 Å². The maximum absolute atomic E-state index is 5.77. The van der Waals surface area contributed by atoms with Crippen molar-refractivity contribution in [2.45, 2.75) is 11.0 Å². The summed E-state index contributed by atoms with van der Waals surface area (Å²) in [4.78, 5) is 7.63. The van der Waals surface area contributed by atoms with Gasteiger partial charge in [0.15, 0.2) is 0 Å². The molecule has 110 valence electrons. The van der Waals surface area contributed by atoms with E-state index < -0.39 is 0 Å². The van der Waals surface area contributed by atoms with Crippen molar-refractivity contribution in [1.82, 2.24) is 4.98 Å². The van der Waals surface area contributed by atoms with Crippen molar-refractivity contribution in [2.75, 3.05) is 31.0 Å². The molecule has 1 saturated heterocycles. The largest absolute Gasteiger partial charge is 0.475 e. The van der Waals surface area contributed by atoms with E-state index in [-0.39, 0.29) is 6.10 Å². The lowest BCUT2D eigenvalue weighted by Crippen LogP contribution is -2.25. The predicted molar refractivity (Wildman–Crippen MR) is 85.0 cm³/mol. The molecule has 1 aliphatic rings. The molecule has 0 amide bonds. The van der Waals surface area contributed by atoms with E-state index in [2.05, 4.69) is 40.4 Å². The number of hydrogen-bond donors (Lipinski definition) is 0. The Kier molecular flexibility index (Phi) is 4.62. The second-order valence-corrected chi connectivity index (χ2v) is 5.70. The monoisotopic (exact) mass is 302 g/mol. The average Bonchev–Trinajstić information content (AvgIpc) is 3.03. The third kappa shape index (κ3) is 3.68. The normalized spacial score (nSPS) is 18.0. The van der Waals surface area contributed by atoms with Crippen molar-refractivity contribution in [3.63, 3.8) is 0 Å². The highest BCUT2D eigenvalue weighted by molar-refractivity contribution is 7.98. The molecule has 2 aromatic rings. The minimum absolute atomic E-state index is 0.0761. The molecule has 4 nitrogen and oxygen atoms in total. The summed E-state index contributed by atoms with van der Waals surface area (Å²) in [5.74, 6) is 0.642. The SMILES string of the molecule is CSc1ccc(N2CO[C@@H](COc3ccccn3)C2)cc1. The number of ether oxygens (including phenoxy) is 2. The quantitative estimate of drug-likeness (QED) is 0.793. The van der Waals surface area contributed by atoms with Crippen molar-refractivity contribution in [2.24, 2.45) is 0 Å².